The molecule has 0 atom stereocenters. The molecule has 2 aromatic carbocycles. The first kappa shape index (κ1) is 20.5. The van der Waals surface area contributed by atoms with Gasteiger partial charge in [-0.3, -0.25) is 4.79 Å². The third kappa shape index (κ3) is 4.43. The highest BCUT2D eigenvalue weighted by molar-refractivity contribution is 9.10. The van der Waals surface area contributed by atoms with Gasteiger partial charge in [0.15, 0.2) is 6.61 Å². The Morgan fingerprint density at radius 1 is 1.04 bits per heavy atom. The highest BCUT2D eigenvalue weighted by Gasteiger charge is 2.22. The summed E-state index contributed by atoms with van der Waals surface area (Å²) in [5, 5.41) is 0. The molecular weight excluding hydrogens is 420 g/mol. The zero-order chi connectivity index (χ0) is 20.3. The van der Waals surface area contributed by atoms with Gasteiger partial charge in [-0.25, -0.2) is 0 Å². The minimum absolute atomic E-state index is 0.0343. The lowest BCUT2D eigenvalue weighted by Gasteiger charge is -2.36. The molecule has 0 spiro atoms. The molecule has 3 rings (SSSR count). The second kappa shape index (κ2) is 8.86. The Labute approximate surface area is 175 Å². The monoisotopic (exact) mass is 446 g/mol. The molecule has 0 bridgehead atoms. The van der Waals surface area contributed by atoms with E-state index < -0.39 is 0 Å². The van der Waals surface area contributed by atoms with E-state index in [4.69, 9.17) is 9.47 Å². The number of anilines is 1. The fraction of sp³-hybridized carbons (Fsp3) is 0.409. The fourth-order valence-electron chi connectivity index (χ4n) is 3.40. The zero-order valence-corrected chi connectivity index (χ0v) is 18.5. The van der Waals surface area contributed by atoms with Crippen LogP contribution in [-0.4, -0.2) is 50.7 Å². The van der Waals surface area contributed by atoms with E-state index in [2.05, 4.69) is 39.9 Å². The van der Waals surface area contributed by atoms with Gasteiger partial charge in [0.05, 0.1) is 7.11 Å². The van der Waals surface area contributed by atoms with Crippen LogP contribution in [0, 0.1) is 20.8 Å². The predicted molar refractivity (Wildman–Crippen MR) is 116 cm³/mol. The molecule has 1 heterocycles. The lowest BCUT2D eigenvalue weighted by Crippen LogP contribution is -2.50. The standard InChI is InChI=1S/C22H27BrN2O3/c1-15-13-20(16(2)17(3)22(15)23)28-14-21(26)25-11-9-24(10-12-25)18-5-7-19(27-4)8-6-18/h5-8,13H,9-12,14H2,1-4H3. The average molecular weight is 447 g/mol. The number of amides is 1. The van der Waals surface area contributed by atoms with Crippen LogP contribution in [0.25, 0.3) is 0 Å². The van der Waals surface area contributed by atoms with Crippen LogP contribution in [0.5, 0.6) is 11.5 Å². The second-order valence-corrected chi connectivity index (χ2v) is 7.90. The number of hydrogen-bond acceptors (Lipinski definition) is 4. The molecule has 5 nitrogen and oxygen atoms in total. The number of nitrogens with zero attached hydrogens (tertiary/aromatic N) is 2. The summed E-state index contributed by atoms with van der Waals surface area (Å²) >= 11 is 3.60. The quantitative estimate of drug-likeness (QED) is 0.692. The first-order chi connectivity index (χ1) is 13.4. The summed E-state index contributed by atoms with van der Waals surface area (Å²) in [6.07, 6.45) is 0. The van der Waals surface area contributed by atoms with Crippen LogP contribution >= 0.6 is 15.9 Å². The van der Waals surface area contributed by atoms with Gasteiger partial charge in [-0.05, 0) is 67.8 Å². The van der Waals surface area contributed by atoms with E-state index >= 15 is 0 Å². The molecule has 28 heavy (non-hydrogen) atoms. The van der Waals surface area contributed by atoms with E-state index in [1.165, 1.54) is 0 Å². The lowest BCUT2D eigenvalue weighted by molar-refractivity contribution is -0.133. The number of rotatable bonds is 5. The molecule has 0 saturated carbocycles. The Balaban J connectivity index is 1.54. The fourth-order valence-corrected chi connectivity index (χ4v) is 3.81. The maximum atomic E-state index is 12.6. The van der Waals surface area contributed by atoms with Gasteiger partial charge in [-0.2, -0.15) is 0 Å². The largest absolute Gasteiger partial charge is 0.497 e. The maximum Gasteiger partial charge on any atom is 0.260 e. The maximum absolute atomic E-state index is 12.6. The summed E-state index contributed by atoms with van der Waals surface area (Å²) in [6.45, 7) is 9.21. The summed E-state index contributed by atoms with van der Waals surface area (Å²) in [5.74, 6) is 1.67. The van der Waals surface area contributed by atoms with Gasteiger partial charge in [0.2, 0.25) is 0 Å². The van der Waals surface area contributed by atoms with E-state index in [1.807, 2.05) is 36.9 Å². The number of aryl methyl sites for hydroxylation is 1. The number of ether oxygens (including phenoxy) is 2. The van der Waals surface area contributed by atoms with E-state index in [1.54, 1.807) is 7.11 Å². The van der Waals surface area contributed by atoms with Gasteiger partial charge >= 0.3 is 0 Å². The molecule has 0 N–H and O–H groups in total. The van der Waals surface area contributed by atoms with Crippen molar-refractivity contribution in [2.75, 3.05) is 44.8 Å². The van der Waals surface area contributed by atoms with E-state index in [-0.39, 0.29) is 12.5 Å². The Hall–Kier alpha value is -2.21. The molecule has 1 aliphatic rings. The Morgan fingerprint density at radius 3 is 2.29 bits per heavy atom. The third-order valence-corrected chi connectivity index (χ3v) is 6.60. The summed E-state index contributed by atoms with van der Waals surface area (Å²) in [5.41, 5.74) is 4.48. The van der Waals surface area contributed by atoms with Crippen molar-refractivity contribution < 1.29 is 14.3 Å². The van der Waals surface area contributed by atoms with Crippen LogP contribution in [0.1, 0.15) is 16.7 Å². The molecule has 0 unspecified atom stereocenters. The Kier molecular flexibility index (Phi) is 6.50. The second-order valence-electron chi connectivity index (χ2n) is 7.11. The van der Waals surface area contributed by atoms with Crippen molar-refractivity contribution in [3.8, 4) is 11.5 Å². The Morgan fingerprint density at radius 2 is 1.68 bits per heavy atom. The van der Waals surface area contributed by atoms with Gasteiger partial charge in [0.25, 0.3) is 5.91 Å². The minimum Gasteiger partial charge on any atom is -0.497 e. The number of carbonyl (C=O) groups excluding carboxylic acids is 1. The number of benzene rings is 2. The molecule has 0 aliphatic carbocycles. The SMILES string of the molecule is COc1ccc(N2CCN(C(=O)COc3cc(C)c(Br)c(C)c3C)CC2)cc1. The molecule has 6 heteroatoms. The highest BCUT2D eigenvalue weighted by atomic mass is 79.9. The summed E-state index contributed by atoms with van der Waals surface area (Å²) in [4.78, 5) is 16.8. The van der Waals surface area contributed by atoms with Crippen molar-refractivity contribution in [2.45, 2.75) is 20.8 Å². The van der Waals surface area contributed by atoms with Crippen LogP contribution in [-0.2, 0) is 4.79 Å². The molecule has 150 valence electrons. The molecule has 0 aromatic heterocycles. The molecule has 2 aromatic rings. The topological polar surface area (TPSA) is 42.0 Å². The van der Waals surface area contributed by atoms with Crippen LogP contribution in [0.2, 0.25) is 0 Å². The number of hydrogen-bond donors (Lipinski definition) is 0. The van der Waals surface area contributed by atoms with Gasteiger partial charge in [-0.1, -0.05) is 15.9 Å². The molecule has 1 aliphatic heterocycles. The van der Waals surface area contributed by atoms with E-state index in [0.29, 0.717) is 13.1 Å². The molecule has 1 amide bonds. The zero-order valence-electron chi connectivity index (χ0n) is 16.9. The van der Waals surface area contributed by atoms with E-state index in [9.17, 15) is 4.79 Å². The van der Waals surface area contributed by atoms with Crippen LogP contribution in [0.4, 0.5) is 5.69 Å². The van der Waals surface area contributed by atoms with Crippen LogP contribution in [0.15, 0.2) is 34.8 Å². The minimum atomic E-state index is 0.0343. The number of halogens is 1. The van der Waals surface area contributed by atoms with Crippen molar-refractivity contribution in [1.29, 1.82) is 0 Å². The van der Waals surface area contributed by atoms with Gasteiger partial charge in [0.1, 0.15) is 11.5 Å². The first-order valence-corrected chi connectivity index (χ1v) is 10.3. The van der Waals surface area contributed by atoms with Gasteiger partial charge < -0.3 is 19.3 Å². The van der Waals surface area contributed by atoms with Crippen molar-refractivity contribution in [2.24, 2.45) is 0 Å². The smallest absolute Gasteiger partial charge is 0.260 e. The third-order valence-electron chi connectivity index (χ3n) is 5.38. The summed E-state index contributed by atoms with van der Waals surface area (Å²) < 4.78 is 12.2. The van der Waals surface area contributed by atoms with E-state index in [0.717, 1.165) is 51.4 Å². The van der Waals surface area contributed by atoms with Crippen molar-refractivity contribution in [1.82, 2.24) is 4.90 Å². The summed E-state index contributed by atoms with van der Waals surface area (Å²) in [7, 11) is 1.67. The summed E-state index contributed by atoms with van der Waals surface area (Å²) in [6, 6.07) is 10.0. The van der Waals surface area contributed by atoms with Crippen molar-refractivity contribution in [3.63, 3.8) is 0 Å². The Bertz CT molecular complexity index is 844. The van der Waals surface area contributed by atoms with Crippen molar-refractivity contribution in [3.05, 3.63) is 51.5 Å². The number of methoxy groups -OCH3 is 1. The van der Waals surface area contributed by atoms with Crippen LogP contribution in [0.3, 0.4) is 0 Å². The molecule has 1 saturated heterocycles. The number of piperazine rings is 1. The lowest BCUT2D eigenvalue weighted by atomic mass is 10.1. The normalized spacial score (nSPS) is 14.2. The average Bonchev–Trinajstić information content (AvgIpc) is 2.73. The van der Waals surface area contributed by atoms with Crippen LogP contribution < -0.4 is 14.4 Å². The van der Waals surface area contributed by atoms with Crippen molar-refractivity contribution >= 4 is 27.5 Å². The predicted octanol–water partition coefficient (Wildman–Crippen LogP) is 4.11. The van der Waals surface area contributed by atoms with Gasteiger partial charge in [0, 0.05) is 36.3 Å². The van der Waals surface area contributed by atoms with Gasteiger partial charge in [-0.15, -0.1) is 0 Å². The number of carbonyl (C=O) groups is 1. The highest BCUT2D eigenvalue weighted by Crippen LogP contribution is 2.31. The first-order valence-electron chi connectivity index (χ1n) is 9.46. The molecular formula is C22H27BrN2O3. The molecule has 1 fully saturated rings. The molecule has 0 radical (unpaired) electrons.